The predicted octanol–water partition coefficient (Wildman–Crippen LogP) is 4.59. The Morgan fingerprint density at radius 2 is 1.97 bits per heavy atom. The summed E-state index contributed by atoms with van der Waals surface area (Å²) in [6, 6.07) is 5.22. The van der Waals surface area contributed by atoms with Gasteiger partial charge >= 0.3 is 5.97 Å². The molecule has 3 aromatic rings. The third-order valence-corrected chi connectivity index (χ3v) is 6.11. The Kier molecular flexibility index (Phi) is 5.94. The molecule has 9 heteroatoms. The number of amides is 1. The first-order chi connectivity index (χ1) is 14.9. The molecule has 0 spiro atoms. The minimum atomic E-state index is -1.18. The summed E-state index contributed by atoms with van der Waals surface area (Å²) in [6.45, 7) is 3.64. The van der Waals surface area contributed by atoms with Crippen LogP contribution in [0, 0.1) is 12.7 Å². The Balaban J connectivity index is 1.64. The van der Waals surface area contributed by atoms with Crippen LogP contribution in [0.5, 0.6) is 0 Å². The molecule has 1 amide bonds. The van der Waals surface area contributed by atoms with Crippen LogP contribution < -0.4 is 10.2 Å². The second-order valence-corrected chi connectivity index (χ2v) is 8.22. The fourth-order valence-electron chi connectivity index (χ4n) is 3.63. The summed E-state index contributed by atoms with van der Waals surface area (Å²) >= 11 is 1.10. The van der Waals surface area contributed by atoms with E-state index in [-0.39, 0.29) is 16.1 Å². The van der Waals surface area contributed by atoms with Crippen LogP contribution in [-0.4, -0.2) is 40.0 Å². The van der Waals surface area contributed by atoms with Gasteiger partial charge < -0.3 is 15.3 Å². The van der Waals surface area contributed by atoms with Crippen molar-refractivity contribution in [1.29, 1.82) is 0 Å². The van der Waals surface area contributed by atoms with Crippen molar-refractivity contribution in [1.82, 2.24) is 9.97 Å². The quantitative estimate of drug-likeness (QED) is 0.602. The van der Waals surface area contributed by atoms with E-state index in [0.717, 1.165) is 43.3 Å². The molecule has 1 aromatic carbocycles. The Bertz CT molecular complexity index is 1140. The summed E-state index contributed by atoms with van der Waals surface area (Å²) in [5, 5.41) is 14.3. The average Bonchev–Trinajstić information content (AvgIpc) is 3.17. The van der Waals surface area contributed by atoms with E-state index in [0.29, 0.717) is 22.8 Å². The molecule has 0 saturated carbocycles. The van der Waals surface area contributed by atoms with E-state index >= 15 is 0 Å². The highest BCUT2D eigenvalue weighted by molar-refractivity contribution is 7.15. The summed E-state index contributed by atoms with van der Waals surface area (Å²) in [7, 11) is 0. The maximum Gasteiger partial charge on any atom is 0.339 e. The molecule has 4 rings (SSSR count). The van der Waals surface area contributed by atoms with Gasteiger partial charge in [0.1, 0.15) is 16.4 Å². The van der Waals surface area contributed by atoms with E-state index in [1.807, 2.05) is 6.92 Å². The summed E-state index contributed by atoms with van der Waals surface area (Å²) in [6.07, 6.45) is 5.05. The number of carboxylic acid groups (broad SMARTS) is 1. The zero-order valence-corrected chi connectivity index (χ0v) is 17.7. The van der Waals surface area contributed by atoms with E-state index in [1.54, 1.807) is 11.6 Å². The molecule has 1 aliphatic heterocycles. The van der Waals surface area contributed by atoms with Gasteiger partial charge in [-0.1, -0.05) is 6.07 Å². The summed E-state index contributed by atoms with van der Waals surface area (Å²) in [5.74, 6) is -1.65. The molecule has 1 saturated heterocycles. The highest BCUT2D eigenvalue weighted by Crippen LogP contribution is 2.37. The molecule has 160 valence electrons. The highest BCUT2D eigenvalue weighted by Gasteiger charge is 2.24. The molecule has 0 unspecified atom stereocenters. The molecular formula is C22H21FN4O3S. The maximum absolute atomic E-state index is 13.4. The number of thiophene rings is 1. The number of carbonyl (C=O) groups excluding carboxylic acids is 1. The fourth-order valence-corrected chi connectivity index (χ4v) is 4.58. The standard InChI is InChI=1S/C22H21FN4O3S/c1-13-16(11-24-22(25-13)27-8-3-2-4-9-27)17-12-31-20(18(17)21(29)30)26-19(28)14-6-5-7-15(23)10-14/h5-7,10-12H,2-4,8-9H2,1H3,(H,26,28)(H,29,30). The lowest BCUT2D eigenvalue weighted by atomic mass is 10.0. The minimum Gasteiger partial charge on any atom is -0.478 e. The van der Waals surface area contributed by atoms with Gasteiger partial charge in [-0.05, 0) is 44.4 Å². The number of carbonyl (C=O) groups is 2. The number of aryl methyl sites for hydroxylation is 1. The van der Waals surface area contributed by atoms with Gasteiger partial charge in [-0.3, -0.25) is 4.79 Å². The van der Waals surface area contributed by atoms with Gasteiger partial charge in [0.15, 0.2) is 0 Å². The lowest BCUT2D eigenvalue weighted by Crippen LogP contribution is -2.31. The summed E-state index contributed by atoms with van der Waals surface area (Å²) in [5.41, 5.74) is 1.78. The molecule has 0 aliphatic carbocycles. The molecule has 2 N–H and O–H groups in total. The van der Waals surface area contributed by atoms with Crippen LogP contribution in [0.4, 0.5) is 15.3 Å². The third kappa shape index (κ3) is 4.41. The summed E-state index contributed by atoms with van der Waals surface area (Å²) < 4.78 is 13.4. The SMILES string of the molecule is Cc1nc(N2CCCCC2)ncc1-c1csc(NC(=O)c2cccc(F)c2)c1C(=O)O. The van der Waals surface area contributed by atoms with E-state index in [1.165, 1.54) is 24.6 Å². The summed E-state index contributed by atoms with van der Waals surface area (Å²) in [4.78, 5) is 35.7. The van der Waals surface area contributed by atoms with Gasteiger partial charge in [0.2, 0.25) is 5.95 Å². The molecule has 1 aliphatic rings. The monoisotopic (exact) mass is 440 g/mol. The van der Waals surface area contributed by atoms with Crippen molar-refractivity contribution in [2.45, 2.75) is 26.2 Å². The van der Waals surface area contributed by atoms with Crippen molar-refractivity contribution in [2.24, 2.45) is 0 Å². The molecular weight excluding hydrogens is 419 g/mol. The van der Waals surface area contributed by atoms with Gasteiger partial charge in [0.05, 0.1) is 5.69 Å². The van der Waals surface area contributed by atoms with Crippen LogP contribution in [0.3, 0.4) is 0 Å². The predicted molar refractivity (Wildman–Crippen MR) is 117 cm³/mol. The second-order valence-electron chi connectivity index (χ2n) is 7.34. The number of rotatable bonds is 5. The molecule has 0 radical (unpaired) electrons. The van der Waals surface area contributed by atoms with Gasteiger partial charge in [-0.15, -0.1) is 11.3 Å². The number of carboxylic acids is 1. The number of hydrogen-bond donors (Lipinski definition) is 2. The molecule has 7 nitrogen and oxygen atoms in total. The molecule has 31 heavy (non-hydrogen) atoms. The van der Waals surface area contributed by atoms with Crippen molar-refractivity contribution in [2.75, 3.05) is 23.3 Å². The van der Waals surface area contributed by atoms with Crippen LogP contribution in [0.15, 0.2) is 35.8 Å². The van der Waals surface area contributed by atoms with Gasteiger partial charge in [-0.2, -0.15) is 0 Å². The Morgan fingerprint density at radius 1 is 1.19 bits per heavy atom. The number of hydrogen-bond acceptors (Lipinski definition) is 6. The first-order valence-corrected chi connectivity index (χ1v) is 10.8. The number of halogens is 1. The van der Waals surface area contributed by atoms with Gasteiger partial charge in [0, 0.05) is 41.4 Å². The first kappa shape index (κ1) is 20.9. The topological polar surface area (TPSA) is 95.4 Å². The Morgan fingerprint density at radius 3 is 2.65 bits per heavy atom. The maximum atomic E-state index is 13.4. The van der Waals surface area contributed by atoms with E-state index in [2.05, 4.69) is 20.2 Å². The largest absolute Gasteiger partial charge is 0.478 e. The number of anilines is 2. The van der Waals surface area contributed by atoms with Crippen molar-refractivity contribution >= 4 is 34.2 Å². The number of nitrogens with zero attached hydrogens (tertiary/aromatic N) is 3. The van der Waals surface area contributed by atoms with E-state index < -0.39 is 17.7 Å². The third-order valence-electron chi connectivity index (χ3n) is 5.21. The minimum absolute atomic E-state index is 0.0350. The number of aromatic carboxylic acids is 1. The fraction of sp³-hybridized carbons (Fsp3) is 0.273. The lowest BCUT2D eigenvalue weighted by Gasteiger charge is -2.26. The molecule has 0 bridgehead atoms. The van der Waals surface area contributed by atoms with Crippen LogP contribution in [-0.2, 0) is 0 Å². The average molecular weight is 441 g/mol. The Labute approximate surface area is 182 Å². The van der Waals surface area contributed by atoms with Gasteiger partial charge in [0.25, 0.3) is 5.91 Å². The lowest BCUT2D eigenvalue weighted by molar-refractivity contribution is 0.0699. The van der Waals surface area contributed by atoms with Crippen LogP contribution in [0.1, 0.15) is 45.7 Å². The first-order valence-electron chi connectivity index (χ1n) is 9.94. The smallest absolute Gasteiger partial charge is 0.339 e. The number of benzene rings is 1. The molecule has 1 fully saturated rings. The highest BCUT2D eigenvalue weighted by atomic mass is 32.1. The second kappa shape index (κ2) is 8.81. The van der Waals surface area contributed by atoms with Crippen LogP contribution in [0.2, 0.25) is 0 Å². The van der Waals surface area contributed by atoms with Crippen LogP contribution in [0.25, 0.3) is 11.1 Å². The normalized spacial score (nSPS) is 13.8. The molecule has 3 heterocycles. The Hall–Kier alpha value is -3.33. The van der Waals surface area contributed by atoms with Gasteiger partial charge in [-0.25, -0.2) is 19.2 Å². The number of nitrogens with one attached hydrogen (secondary N) is 1. The zero-order chi connectivity index (χ0) is 22.0. The molecule has 0 atom stereocenters. The van der Waals surface area contributed by atoms with E-state index in [9.17, 15) is 19.1 Å². The number of piperidine rings is 1. The van der Waals surface area contributed by atoms with Crippen molar-refractivity contribution < 1.29 is 19.1 Å². The van der Waals surface area contributed by atoms with Crippen molar-refractivity contribution in [3.63, 3.8) is 0 Å². The van der Waals surface area contributed by atoms with Crippen LogP contribution >= 0.6 is 11.3 Å². The molecule has 2 aromatic heterocycles. The zero-order valence-electron chi connectivity index (χ0n) is 16.9. The number of aromatic nitrogens is 2. The van der Waals surface area contributed by atoms with E-state index in [4.69, 9.17) is 0 Å². The van der Waals surface area contributed by atoms with Crippen molar-refractivity contribution in [3.05, 3.63) is 58.5 Å². The van der Waals surface area contributed by atoms with Crippen molar-refractivity contribution in [3.8, 4) is 11.1 Å².